The Balaban J connectivity index is 0.000000363. The van der Waals surface area contributed by atoms with E-state index >= 15 is 0 Å². The zero-order valence-electron chi connectivity index (χ0n) is 23.9. The molecule has 2 N–H and O–H groups in total. The van der Waals surface area contributed by atoms with Crippen molar-refractivity contribution in [2.24, 2.45) is 0 Å². The van der Waals surface area contributed by atoms with Crippen LogP contribution >= 0.6 is 0 Å². The molecule has 0 fully saturated rings. The molecule has 0 aliphatic heterocycles. The molecular weight excluding hydrogens is 715 g/mol. The minimum atomic E-state index is -4.01. The minimum absolute atomic E-state index is 0.177. The molecule has 0 amide bonds. The monoisotopic (exact) mass is 727 g/mol. The summed E-state index contributed by atoms with van der Waals surface area (Å²) in [7, 11) is -2.20. The van der Waals surface area contributed by atoms with E-state index in [1.807, 2.05) is 0 Å². The first-order valence-corrected chi connectivity index (χ1v) is 13.2. The van der Waals surface area contributed by atoms with Crippen molar-refractivity contribution in [2.75, 3.05) is 0 Å². The largest absolute Gasteiger partial charge is 0.707 e. The molecule has 0 aromatic heterocycles. The molecule has 0 radical (unpaired) electrons. The number of hydrogen-bond donors (Lipinski definition) is 2. The lowest BCUT2D eigenvalue weighted by Gasteiger charge is -2.44. The first kappa shape index (κ1) is 37.7. The van der Waals surface area contributed by atoms with Crippen LogP contribution in [0.4, 0.5) is 65.9 Å². The zero-order chi connectivity index (χ0) is 37.4. The standard InChI is InChI=1S/C24H8BF12.C6H4BF3O3/c26-13-1-9(2-14(27)21(13)34)25(10-3-15(28)22(35)16(29)4-10,11-5-17(30)23(36)18(31)6-11)12-7-19(32)24(37)20(33)8-12;8-4-1-3(13-7(11)12)2-5(9)6(4)10/h1-8H;1-2,11-12H/q-1;. The molecule has 0 aliphatic rings. The van der Waals surface area contributed by atoms with Crippen LogP contribution in [0.5, 0.6) is 5.75 Å². The molecule has 50 heavy (non-hydrogen) atoms. The van der Waals surface area contributed by atoms with E-state index in [1.54, 1.807) is 0 Å². The molecule has 0 saturated heterocycles. The van der Waals surface area contributed by atoms with Gasteiger partial charge in [-0.25, -0.2) is 65.9 Å². The Hall–Kier alpha value is -5.10. The fraction of sp³-hybridized carbons (Fsp3) is 0. The van der Waals surface area contributed by atoms with E-state index in [9.17, 15) is 65.9 Å². The average Bonchev–Trinajstić information content (AvgIpc) is 3.02. The number of halogens is 15. The van der Waals surface area contributed by atoms with E-state index in [4.69, 9.17) is 10.0 Å². The Morgan fingerprint density at radius 2 is 0.520 bits per heavy atom. The molecule has 0 heterocycles. The van der Waals surface area contributed by atoms with Gasteiger partial charge in [-0.3, -0.25) is 0 Å². The molecule has 5 aromatic rings. The van der Waals surface area contributed by atoms with Crippen LogP contribution in [0.2, 0.25) is 0 Å². The highest BCUT2D eigenvalue weighted by Gasteiger charge is 2.37. The van der Waals surface area contributed by atoms with Crippen molar-refractivity contribution in [2.45, 2.75) is 0 Å². The van der Waals surface area contributed by atoms with E-state index in [1.165, 1.54) is 0 Å². The second kappa shape index (κ2) is 14.4. The van der Waals surface area contributed by atoms with E-state index in [-0.39, 0.29) is 48.5 Å². The summed E-state index contributed by atoms with van der Waals surface area (Å²) in [6, 6.07) is 2.41. The second-order valence-corrected chi connectivity index (χ2v) is 10.2. The van der Waals surface area contributed by atoms with Crippen LogP contribution < -0.4 is 26.5 Å². The van der Waals surface area contributed by atoms with Gasteiger partial charge < -0.3 is 14.7 Å². The summed E-state index contributed by atoms with van der Waals surface area (Å²) in [6.45, 7) is 0. The third-order valence-corrected chi connectivity index (χ3v) is 7.22. The maximum atomic E-state index is 14.4. The predicted octanol–water partition coefficient (Wildman–Crippen LogP) is 5.19. The first-order chi connectivity index (χ1) is 23.3. The maximum Gasteiger partial charge on any atom is 0.707 e. The average molecular weight is 727 g/mol. The molecule has 5 aromatic carbocycles. The molecule has 3 nitrogen and oxygen atoms in total. The van der Waals surface area contributed by atoms with Crippen LogP contribution in [-0.4, -0.2) is 23.5 Å². The fourth-order valence-electron chi connectivity index (χ4n) is 5.18. The van der Waals surface area contributed by atoms with Crippen LogP contribution in [-0.2, 0) is 0 Å². The molecule has 0 bridgehead atoms. The fourth-order valence-corrected chi connectivity index (χ4v) is 5.18. The second-order valence-electron chi connectivity index (χ2n) is 10.2. The third-order valence-electron chi connectivity index (χ3n) is 7.22. The highest BCUT2D eigenvalue weighted by atomic mass is 19.2. The van der Waals surface area contributed by atoms with Gasteiger partial charge in [0, 0.05) is 12.1 Å². The molecule has 0 saturated carbocycles. The number of benzene rings is 5. The predicted molar refractivity (Wildman–Crippen MR) is 147 cm³/mol. The van der Waals surface area contributed by atoms with Gasteiger partial charge in [-0.2, -0.15) is 21.9 Å². The summed E-state index contributed by atoms with van der Waals surface area (Å²) in [5.74, 6) is -29.1. The van der Waals surface area contributed by atoms with E-state index in [2.05, 4.69) is 4.65 Å². The normalized spacial score (nSPS) is 11.3. The molecule has 20 heteroatoms. The Morgan fingerprint density at radius 1 is 0.340 bits per heavy atom. The van der Waals surface area contributed by atoms with Gasteiger partial charge in [-0.15, -0.1) is 0 Å². The van der Waals surface area contributed by atoms with Gasteiger partial charge in [-0.05, 0) is 0 Å². The van der Waals surface area contributed by atoms with Crippen molar-refractivity contribution in [3.05, 3.63) is 148 Å². The van der Waals surface area contributed by atoms with Crippen LogP contribution in [0.1, 0.15) is 0 Å². The summed E-state index contributed by atoms with van der Waals surface area (Å²) in [4.78, 5) is 0. The van der Waals surface area contributed by atoms with Crippen LogP contribution in [0, 0.1) is 87.3 Å². The van der Waals surface area contributed by atoms with Crippen molar-refractivity contribution in [1.29, 1.82) is 0 Å². The number of rotatable bonds is 6. The van der Waals surface area contributed by atoms with E-state index in [0.29, 0.717) is 12.1 Å². The van der Waals surface area contributed by atoms with Crippen molar-refractivity contribution in [3.63, 3.8) is 0 Å². The van der Waals surface area contributed by atoms with Gasteiger partial charge in [0.2, 0.25) is 0 Å². The quantitative estimate of drug-likeness (QED) is 0.144. The smallest absolute Gasteiger partial charge is 0.512 e. The number of hydrogen-bond acceptors (Lipinski definition) is 3. The Kier molecular flexibility index (Phi) is 10.9. The summed E-state index contributed by atoms with van der Waals surface area (Å²) in [6.07, 6.45) is -4.01. The van der Waals surface area contributed by atoms with Gasteiger partial charge in [0.25, 0.3) is 0 Å². The van der Waals surface area contributed by atoms with Crippen LogP contribution in [0.25, 0.3) is 0 Å². The van der Waals surface area contributed by atoms with E-state index < -0.39 is 128 Å². The SMILES string of the molecule is Fc1cc([B-](c2cc(F)c(F)c(F)c2)(c2cc(F)c(F)c(F)c2)c2cc(F)c(F)c(F)c2)cc(F)c1F.OB(O)Oc1cc(F)c(F)c(F)c1. The minimum Gasteiger partial charge on any atom is -0.512 e. The molecule has 5 rings (SSSR count). The van der Waals surface area contributed by atoms with Gasteiger partial charge in [0.05, 0.1) is 0 Å². The molecule has 0 unspecified atom stereocenters. The van der Waals surface area contributed by atoms with Gasteiger partial charge >= 0.3 is 7.32 Å². The molecule has 262 valence electrons. The Morgan fingerprint density at radius 3 is 0.700 bits per heavy atom. The summed E-state index contributed by atoms with van der Waals surface area (Å²) < 4.78 is 211. The molecule has 0 spiro atoms. The lowest BCUT2D eigenvalue weighted by Crippen LogP contribution is -2.75. The first-order valence-electron chi connectivity index (χ1n) is 13.2. The van der Waals surface area contributed by atoms with Crippen molar-refractivity contribution in [3.8, 4) is 5.75 Å². The Bertz CT molecular complexity index is 1760. The van der Waals surface area contributed by atoms with Crippen molar-refractivity contribution in [1.82, 2.24) is 0 Å². The third kappa shape index (κ3) is 7.11. The molecule has 0 atom stereocenters. The highest BCUT2D eigenvalue weighted by molar-refractivity contribution is 7.19. The topological polar surface area (TPSA) is 49.7 Å². The molecular formula is C30H12B2F15O3-. The summed E-state index contributed by atoms with van der Waals surface area (Å²) >= 11 is 0. The van der Waals surface area contributed by atoms with Crippen molar-refractivity contribution >= 4 is 35.3 Å². The van der Waals surface area contributed by atoms with Gasteiger partial charge in [0.15, 0.2) is 87.3 Å². The Labute approximate surface area is 269 Å². The highest BCUT2D eigenvalue weighted by Crippen LogP contribution is 2.22. The van der Waals surface area contributed by atoms with Crippen LogP contribution in [0.15, 0.2) is 60.7 Å². The van der Waals surface area contributed by atoms with Crippen LogP contribution in [0.3, 0.4) is 0 Å². The lowest BCUT2D eigenvalue weighted by atomic mass is 9.13. The summed E-state index contributed by atoms with van der Waals surface area (Å²) in [5.41, 5.74) is -3.79. The van der Waals surface area contributed by atoms with Gasteiger partial charge in [-0.1, -0.05) is 48.5 Å². The van der Waals surface area contributed by atoms with Crippen molar-refractivity contribution < 1.29 is 80.6 Å². The lowest BCUT2D eigenvalue weighted by molar-refractivity contribution is 0.286. The maximum absolute atomic E-state index is 14.4. The zero-order valence-corrected chi connectivity index (χ0v) is 23.9. The van der Waals surface area contributed by atoms with E-state index in [0.717, 1.165) is 0 Å². The molecule has 0 aliphatic carbocycles. The van der Waals surface area contributed by atoms with Gasteiger partial charge in [0.1, 0.15) is 11.9 Å². The summed E-state index contributed by atoms with van der Waals surface area (Å²) in [5, 5.41) is 16.5.